The number of rotatable bonds is 1. The van der Waals surface area contributed by atoms with Crippen molar-refractivity contribution in [1.82, 2.24) is 29.7 Å². The molecule has 2 aliphatic heterocycles. The standard InChI is InChI=1S/C9H11BrClN5O.C5H11N3O.C4HBrCl2N2/c10-6-7(11)13-5-14-8(6)15-9(12)16-1-3-17-4-2-16;6-5(7)8-1-3-9-4-2-8;5-2-3(6)8-1-9-4(2)7/h5H,1-4H2,(H2,12,13,14,15);1-4H2,(H3,6,7);1H. The van der Waals surface area contributed by atoms with Crippen molar-refractivity contribution in [2.75, 3.05) is 52.6 Å². The van der Waals surface area contributed by atoms with Crippen LogP contribution in [0.2, 0.25) is 15.5 Å². The lowest BCUT2D eigenvalue weighted by atomic mass is 10.4. The molecule has 12 nitrogen and oxygen atoms in total. The van der Waals surface area contributed by atoms with Crippen LogP contribution in [0, 0.1) is 5.41 Å². The van der Waals surface area contributed by atoms with E-state index >= 15 is 0 Å². The molecule has 192 valence electrons. The Labute approximate surface area is 234 Å². The lowest BCUT2D eigenvalue weighted by molar-refractivity contribution is 0.0672. The van der Waals surface area contributed by atoms with Gasteiger partial charge in [0.2, 0.25) is 0 Å². The highest BCUT2D eigenvalue weighted by Gasteiger charge is 2.14. The van der Waals surface area contributed by atoms with Crippen molar-refractivity contribution >= 4 is 84.4 Å². The van der Waals surface area contributed by atoms with E-state index in [0.717, 1.165) is 26.2 Å². The third-order valence-electron chi connectivity index (χ3n) is 4.34. The molecule has 4 heterocycles. The maximum atomic E-state index is 7.04. The molecule has 2 aromatic rings. The molecular weight excluding hydrogens is 654 g/mol. The van der Waals surface area contributed by atoms with Gasteiger partial charge in [0.05, 0.1) is 35.4 Å². The van der Waals surface area contributed by atoms with Gasteiger partial charge in [-0.05, 0) is 31.9 Å². The number of nitrogens with two attached hydrogens (primary N) is 2. The minimum atomic E-state index is 0.151. The SMILES string of the molecule is Clc1ncnc(Cl)c1Br.N=C(N)N1CCOCC1.NC(=Nc1ncnc(Cl)c1Br)N1CCOCC1. The molecule has 0 saturated carbocycles. The maximum Gasteiger partial charge on any atom is 0.198 e. The summed E-state index contributed by atoms with van der Waals surface area (Å²) in [4.78, 5) is 23.1. The van der Waals surface area contributed by atoms with E-state index in [-0.39, 0.29) is 5.96 Å². The maximum absolute atomic E-state index is 7.04. The number of halogens is 5. The molecule has 2 saturated heterocycles. The Morgan fingerprint density at radius 2 is 1.23 bits per heavy atom. The number of morpholine rings is 2. The van der Waals surface area contributed by atoms with Crippen LogP contribution in [-0.4, -0.2) is 94.3 Å². The zero-order valence-electron chi connectivity index (χ0n) is 18.3. The summed E-state index contributed by atoms with van der Waals surface area (Å²) in [5.74, 6) is 0.982. The van der Waals surface area contributed by atoms with Crippen molar-refractivity contribution in [3.63, 3.8) is 0 Å². The molecule has 0 bridgehead atoms. The van der Waals surface area contributed by atoms with Crippen molar-refractivity contribution in [2.24, 2.45) is 16.5 Å². The highest BCUT2D eigenvalue weighted by molar-refractivity contribution is 9.11. The predicted molar refractivity (Wildman–Crippen MR) is 142 cm³/mol. The molecule has 2 aromatic heterocycles. The van der Waals surface area contributed by atoms with Gasteiger partial charge in [-0.15, -0.1) is 0 Å². The summed E-state index contributed by atoms with van der Waals surface area (Å²) in [5, 5.41) is 8.01. The van der Waals surface area contributed by atoms with Crippen LogP contribution in [0.4, 0.5) is 5.82 Å². The first kappa shape index (κ1) is 29.7. The summed E-state index contributed by atoms with van der Waals surface area (Å²) in [5.41, 5.74) is 11.1. The zero-order valence-corrected chi connectivity index (χ0v) is 23.7. The summed E-state index contributed by atoms with van der Waals surface area (Å²) < 4.78 is 11.4. The fourth-order valence-corrected chi connectivity index (χ4v) is 3.46. The monoisotopic (exact) mass is 674 g/mol. The molecule has 0 unspecified atom stereocenters. The van der Waals surface area contributed by atoms with Gasteiger partial charge >= 0.3 is 0 Å². The number of aliphatic imine (C=N–C) groups is 1. The molecule has 0 spiro atoms. The Hall–Kier alpha value is -1.55. The van der Waals surface area contributed by atoms with E-state index in [2.05, 4.69) is 56.8 Å². The van der Waals surface area contributed by atoms with Crippen LogP contribution in [0.25, 0.3) is 0 Å². The minimum absolute atomic E-state index is 0.151. The van der Waals surface area contributed by atoms with Gasteiger partial charge in [-0.1, -0.05) is 34.8 Å². The summed E-state index contributed by atoms with van der Waals surface area (Å²) in [7, 11) is 0. The van der Waals surface area contributed by atoms with E-state index in [1.807, 2.05) is 4.90 Å². The quantitative estimate of drug-likeness (QED) is 0.232. The third kappa shape index (κ3) is 10.1. The smallest absolute Gasteiger partial charge is 0.198 e. The second-order valence-corrected chi connectivity index (χ2v) is 9.29. The average Bonchev–Trinajstić information content (AvgIpc) is 2.87. The fourth-order valence-electron chi connectivity index (χ4n) is 2.52. The van der Waals surface area contributed by atoms with Crippen molar-refractivity contribution < 1.29 is 9.47 Å². The second-order valence-electron chi connectivity index (χ2n) is 6.63. The molecule has 4 rings (SSSR count). The van der Waals surface area contributed by atoms with E-state index < -0.39 is 0 Å². The van der Waals surface area contributed by atoms with E-state index in [4.69, 9.17) is 61.2 Å². The molecule has 17 heteroatoms. The van der Waals surface area contributed by atoms with E-state index in [1.54, 1.807) is 4.90 Å². The summed E-state index contributed by atoms with van der Waals surface area (Å²) in [6.07, 6.45) is 2.65. The van der Waals surface area contributed by atoms with Gasteiger partial charge in [-0.25, -0.2) is 19.9 Å². The Morgan fingerprint density at radius 3 is 1.66 bits per heavy atom. The molecule has 2 fully saturated rings. The van der Waals surface area contributed by atoms with E-state index in [1.165, 1.54) is 12.7 Å². The van der Waals surface area contributed by atoms with Crippen LogP contribution < -0.4 is 11.5 Å². The number of nitrogens with one attached hydrogen (secondary N) is 1. The minimum Gasteiger partial charge on any atom is -0.378 e. The molecule has 0 radical (unpaired) electrons. The fraction of sp³-hybridized carbons (Fsp3) is 0.444. The highest BCUT2D eigenvalue weighted by atomic mass is 79.9. The molecule has 0 aromatic carbocycles. The van der Waals surface area contributed by atoms with Crippen LogP contribution in [0.1, 0.15) is 0 Å². The van der Waals surface area contributed by atoms with Crippen LogP contribution in [0.5, 0.6) is 0 Å². The van der Waals surface area contributed by atoms with Gasteiger partial charge in [0.25, 0.3) is 0 Å². The van der Waals surface area contributed by atoms with E-state index in [0.29, 0.717) is 62.6 Å². The number of hydrogen-bond donors (Lipinski definition) is 3. The Morgan fingerprint density at radius 1 is 0.800 bits per heavy atom. The lowest BCUT2D eigenvalue weighted by Gasteiger charge is -2.27. The van der Waals surface area contributed by atoms with Gasteiger partial charge in [-0.3, -0.25) is 5.41 Å². The van der Waals surface area contributed by atoms with E-state index in [9.17, 15) is 0 Å². The molecule has 0 atom stereocenters. The largest absolute Gasteiger partial charge is 0.378 e. The lowest BCUT2D eigenvalue weighted by Crippen LogP contribution is -2.44. The van der Waals surface area contributed by atoms with Crippen LogP contribution >= 0.6 is 66.7 Å². The first-order valence-corrected chi connectivity index (χ1v) is 12.7. The van der Waals surface area contributed by atoms with Crippen LogP contribution in [-0.2, 0) is 9.47 Å². The van der Waals surface area contributed by atoms with Gasteiger partial charge in [0, 0.05) is 26.2 Å². The number of ether oxygens (including phenoxy) is 2. The first-order valence-electron chi connectivity index (χ1n) is 10.0. The Bertz CT molecular complexity index is 988. The van der Waals surface area contributed by atoms with Crippen molar-refractivity contribution in [1.29, 1.82) is 5.41 Å². The van der Waals surface area contributed by atoms with Gasteiger partial charge in [0.15, 0.2) is 17.7 Å². The van der Waals surface area contributed by atoms with Crippen molar-refractivity contribution in [3.8, 4) is 0 Å². The predicted octanol–water partition coefficient (Wildman–Crippen LogP) is 2.93. The molecule has 2 aliphatic rings. The molecular formula is C18H23Br2Cl3N10O2. The third-order valence-corrected chi connectivity index (χ3v) is 7.37. The van der Waals surface area contributed by atoms with Crippen molar-refractivity contribution in [3.05, 3.63) is 37.1 Å². The summed E-state index contributed by atoms with van der Waals surface area (Å²) in [6.45, 7) is 5.67. The van der Waals surface area contributed by atoms with Crippen molar-refractivity contribution in [2.45, 2.75) is 0 Å². The van der Waals surface area contributed by atoms with Gasteiger partial charge in [0.1, 0.15) is 28.1 Å². The first-order chi connectivity index (χ1) is 16.7. The molecule has 0 amide bonds. The summed E-state index contributed by atoms with van der Waals surface area (Å²) >= 11 is 23.3. The topological polar surface area (TPSA) is 165 Å². The second kappa shape index (κ2) is 15.5. The van der Waals surface area contributed by atoms with Crippen LogP contribution in [0.3, 0.4) is 0 Å². The molecule has 5 N–H and O–H groups in total. The Kier molecular flexibility index (Phi) is 13.2. The molecule has 0 aliphatic carbocycles. The van der Waals surface area contributed by atoms with Crippen LogP contribution in [0.15, 0.2) is 26.6 Å². The highest BCUT2D eigenvalue weighted by Crippen LogP contribution is 2.28. The number of guanidine groups is 2. The normalized spacial score (nSPS) is 16.0. The number of hydrogen-bond acceptors (Lipinski definition) is 8. The van der Waals surface area contributed by atoms with Gasteiger partial charge < -0.3 is 30.7 Å². The number of aromatic nitrogens is 4. The number of nitrogens with zero attached hydrogens (tertiary/aromatic N) is 7. The average molecular weight is 678 g/mol. The zero-order chi connectivity index (χ0) is 25.8. The molecule has 35 heavy (non-hydrogen) atoms. The Balaban J connectivity index is 0.000000203. The van der Waals surface area contributed by atoms with Gasteiger partial charge in [-0.2, -0.15) is 4.99 Å². The summed E-state index contributed by atoms with van der Waals surface area (Å²) in [6, 6.07) is 0.